The minimum absolute atomic E-state index is 0.276. The monoisotopic (exact) mass is 508 g/mol. The Labute approximate surface area is 193 Å². The molecule has 0 aromatic rings. The van der Waals surface area contributed by atoms with Crippen LogP contribution >= 0.6 is 15.9 Å². The highest BCUT2D eigenvalue weighted by atomic mass is 79.9. The molecule has 180 valence electrons. The minimum Gasteiger partial charge on any atom is -0.455 e. The maximum absolute atomic E-state index is 12.8. The molecular formula is C22H37BrO8. The first-order chi connectivity index (χ1) is 13.9. The molecule has 1 rings (SSSR count). The summed E-state index contributed by atoms with van der Waals surface area (Å²) in [4.78, 5) is 38.1. The van der Waals surface area contributed by atoms with Crippen LogP contribution in [0.1, 0.15) is 62.3 Å². The fourth-order valence-electron chi connectivity index (χ4n) is 2.50. The van der Waals surface area contributed by atoms with Crippen molar-refractivity contribution in [3.63, 3.8) is 0 Å². The molecule has 0 spiro atoms. The Morgan fingerprint density at radius 1 is 0.710 bits per heavy atom. The standard InChI is InChI=1S/C22H37BrO8/c1-20(2,3)17(24)29-13-12(11-23)28-16(27-10)15(31-19(26)22(7,8)9)14(13)30-18(25)21(4,5)6/h12-16H,11H2,1-10H3/t12-,13-,14+,15+,16-/m1/s1. The second kappa shape index (κ2) is 10.2. The van der Waals surface area contributed by atoms with E-state index in [1.807, 2.05) is 0 Å². The first-order valence-electron chi connectivity index (χ1n) is 10.3. The second-order valence-corrected chi connectivity index (χ2v) is 11.4. The van der Waals surface area contributed by atoms with E-state index in [1.54, 1.807) is 62.3 Å². The average molecular weight is 509 g/mol. The number of rotatable bonds is 5. The van der Waals surface area contributed by atoms with Crippen LogP contribution in [0.2, 0.25) is 0 Å². The third-order valence-electron chi connectivity index (χ3n) is 4.54. The summed E-state index contributed by atoms with van der Waals surface area (Å²) < 4.78 is 28.6. The zero-order chi connectivity index (χ0) is 24.4. The molecule has 1 fully saturated rings. The number of alkyl halides is 1. The molecule has 1 aliphatic rings. The van der Waals surface area contributed by atoms with Gasteiger partial charge in [-0.15, -0.1) is 0 Å². The van der Waals surface area contributed by atoms with Crippen molar-refractivity contribution in [3.05, 3.63) is 0 Å². The number of carbonyl (C=O) groups is 3. The summed E-state index contributed by atoms with van der Waals surface area (Å²) in [5.74, 6) is -1.56. The first kappa shape index (κ1) is 27.8. The largest absolute Gasteiger partial charge is 0.455 e. The fraction of sp³-hybridized carbons (Fsp3) is 0.864. The Hall–Kier alpha value is -1.19. The summed E-state index contributed by atoms with van der Waals surface area (Å²) >= 11 is 3.36. The van der Waals surface area contributed by atoms with Crippen LogP contribution in [0.25, 0.3) is 0 Å². The zero-order valence-corrected chi connectivity index (χ0v) is 21.8. The normalized spacial score (nSPS) is 27.4. The number of carbonyl (C=O) groups excluding carboxylic acids is 3. The van der Waals surface area contributed by atoms with Crippen LogP contribution in [0, 0.1) is 16.2 Å². The van der Waals surface area contributed by atoms with Gasteiger partial charge in [0, 0.05) is 12.4 Å². The predicted molar refractivity (Wildman–Crippen MR) is 117 cm³/mol. The van der Waals surface area contributed by atoms with Crippen molar-refractivity contribution >= 4 is 33.8 Å². The number of ether oxygens (including phenoxy) is 5. The molecule has 31 heavy (non-hydrogen) atoms. The average Bonchev–Trinajstić information content (AvgIpc) is 2.61. The topological polar surface area (TPSA) is 97.4 Å². The van der Waals surface area contributed by atoms with Gasteiger partial charge in [0.25, 0.3) is 0 Å². The maximum Gasteiger partial charge on any atom is 0.311 e. The van der Waals surface area contributed by atoms with Gasteiger partial charge in [0.05, 0.1) is 16.2 Å². The maximum atomic E-state index is 12.8. The molecule has 0 bridgehead atoms. The van der Waals surface area contributed by atoms with Gasteiger partial charge < -0.3 is 23.7 Å². The van der Waals surface area contributed by atoms with Crippen LogP contribution in [0.3, 0.4) is 0 Å². The molecule has 0 aliphatic carbocycles. The van der Waals surface area contributed by atoms with Crippen molar-refractivity contribution < 1.29 is 38.1 Å². The number of esters is 3. The lowest BCUT2D eigenvalue weighted by Gasteiger charge is -2.45. The Kier molecular flexibility index (Phi) is 9.13. The zero-order valence-electron chi connectivity index (χ0n) is 20.2. The Balaban J connectivity index is 3.44. The summed E-state index contributed by atoms with van der Waals surface area (Å²) in [5.41, 5.74) is -2.45. The second-order valence-electron chi connectivity index (χ2n) is 10.8. The van der Waals surface area contributed by atoms with E-state index in [-0.39, 0.29) is 5.33 Å². The van der Waals surface area contributed by atoms with Gasteiger partial charge in [-0.3, -0.25) is 14.4 Å². The Bertz CT molecular complexity index is 614. The van der Waals surface area contributed by atoms with E-state index in [0.717, 1.165) is 0 Å². The highest BCUT2D eigenvalue weighted by Gasteiger charge is 2.54. The highest BCUT2D eigenvalue weighted by molar-refractivity contribution is 9.09. The van der Waals surface area contributed by atoms with E-state index < -0.39 is 64.9 Å². The Morgan fingerprint density at radius 2 is 1.06 bits per heavy atom. The molecule has 1 aliphatic heterocycles. The van der Waals surface area contributed by atoms with Crippen molar-refractivity contribution in [2.24, 2.45) is 16.2 Å². The van der Waals surface area contributed by atoms with Gasteiger partial charge in [-0.2, -0.15) is 0 Å². The molecule has 0 aromatic carbocycles. The third-order valence-corrected chi connectivity index (χ3v) is 5.18. The summed E-state index contributed by atoms with van der Waals surface area (Å²) in [6.07, 6.45) is -4.97. The highest BCUT2D eigenvalue weighted by Crippen LogP contribution is 2.34. The van der Waals surface area contributed by atoms with Gasteiger partial charge in [0.1, 0.15) is 6.10 Å². The van der Waals surface area contributed by atoms with Crippen molar-refractivity contribution in [2.75, 3.05) is 12.4 Å². The third kappa shape index (κ3) is 7.43. The smallest absolute Gasteiger partial charge is 0.311 e. The summed E-state index contributed by atoms with van der Waals surface area (Å²) in [5, 5.41) is 0.276. The fourth-order valence-corrected chi connectivity index (χ4v) is 3.02. The van der Waals surface area contributed by atoms with Gasteiger partial charge in [-0.1, -0.05) is 15.9 Å². The minimum atomic E-state index is -1.13. The van der Waals surface area contributed by atoms with E-state index >= 15 is 0 Å². The molecule has 0 amide bonds. The van der Waals surface area contributed by atoms with Crippen LogP contribution in [0.15, 0.2) is 0 Å². The molecule has 0 saturated carbocycles. The first-order valence-corrected chi connectivity index (χ1v) is 11.4. The lowest BCUT2D eigenvalue weighted by molar-refractivity contribution is -0.298. The van der Waals surface area contributed by atoms with E-state index in [2.05, 4.69) is 15.9 Å². The van der Waals surface area contributed by atoms with Gasteiger partial charge in [-0.05, 0) is 62.3 Å². The predicted octanol–water partition coefficient (Wildman–Crippen LogP) is 3.63. The number of methoxy groups -OCH3 is 1. The van der Waals surface area contributed by atoms with E-state index in [4.69, 9.17) is 23.7 Å². The lowest BCUT2D eigenvalue weighted by Crippen LogP contribution is -2.63. The van der Waals surface area contributed by atoms with Crippen LogP contribution in [-0.2, 0) is 38.1 Å². The molecule has 0 aromatic heterocycles. The SMILES string of the molecule is CO[C@@H]1O[C@H](CBr)[C@@H](OC(=O)C(C)(C)C)[C@H](OC(=O)C(C)(C)C)[C@@H]1OC(=O)C(C)(C)C. The Morgan fingerprint density at radius 3 is 1.39 bits per heavy atom. The van der Waals surface area contributed by atoms with E-state index in [1.165, 1.54) is 7.11 Å². The number of halogens is 1. The molecular weight excluding hydrogens is 472 g/mol. The van der Waals surface area contributed by atoms with Crippen molar-refractivity contribution in [1.82, 2.24) is 0 Å². The van der Waals surface area contributed by atoms with Crippen molar-refractivity contribution in [2.45, 2.75) is 93.0 Å². The summed E-state index contributed by atoms with van der Waals surface area (Å²) in [6, 6.07) is 0. The molecule has 9 heteroatoms. The number of hydrogen-bond donors (Lipinski definition) is 0. The summed E-state index contributed by atoms with van der Waals surface area (Å²) in [7, 11) is 1.40. The van der Waals surface area contributed by atoms with Crippen LogP contribution in [0.4, 0.5) is 0 Å². The summed E-state index contributed by atoms with van der Waals surface area (Å²) in [6.45, 7) is 15.4. The number of hydrogen-bond acceptors (Lipinski definition) is 8. The molecule has 0 unspecified atom stereocenters. The van der Waals surface area contributed by atoms with Crippen LogP contribution in [-0.4, -0.2) is 61.1 Å². The van der Waals surface area contributed by atoms with Gasteiger partial charge in [0.2, 0.25) is 0 Å². The van der Waals surface area contributed by atoms with E-state index in [9.17, 15) is 14.4 Å². The molecule has 0 N–H and O–H groups in total. The molecule has 0 radical (unpaired) electrons. The quantitative estimate of drug-likeness (QED) is 0.315. The van der Waals surface area contributed by atoms with Crippen LogP contribution < -0.4 is 0 Å². The van der Waals surface area contributed by atoms with Gasteiger partial charge >= 0.3 is 17.9 Å². The van der Waals surface area contributed by atoms with Crippen molar-refractivity contribution in [3.8, 4) is 0 Å². The van der Waals surface area contributed by atoms with E-state index in [0.29, 0.717) is 0 Å². The molecule has 8 nitrogen and oxygen atoms in total. The van der Waals surface area contributed by atoms with Crippen molar-refractivity contribution in [1.29, 1.82) is 0 Å². The molecule has 5 atom stereocenters. The van der Waals surface area contributed by atoms with Gasteiger partial charge in [-0.25, -0.2) is 0 Å². The lowest BCUT2D eigenvalue weighted by atomic mass is 9.93. The molecule has 1 heterocycles. The van der Waals surface area contributed by atoms with Crippen LogP contribution in [0.5, 0.6) is 0 Å². The molecule has 1 saturated heterocycles. The van der Waals surface area contributed by atoms with Gasteiger partial charge in [0.15, 0.2) is 24.6 Å².